The number of carboxylic acid groups (broad SMARTS) is 1. The standard InChI is InChI=1S/C8H16FN3O2/c1-5(11)12-7(8(13)14)3-2-6(9)4-10/h6-7H,2-4,10H2,1H3,(H2,11,12)(H,13,14). The summed E-state index contributed by atoms with van der Waals surface area (Å²) in [6.45, 7) is 1.39. The van der Waals surface area contributed by atoms with E-state index >= 15 is 0 Å². The van der Waals surface area contributed by atoms with Crippen LogP contribution in [0.4, 0.5) is 4.39 Å². The number of carboxylic acids is 1. The van der Waals surface area contributed by atoms with Crippen molar-refractivity contribution >= 4 is 11.8 Å². The number of halogens is 1. The molecule has 82 valence electrons. The van der Waals surface area contributed by atoms with E-state index in [4.69, 9.17) is 16.6 Å². The molecule has 2 unspecified atom stereocenters. The molecule has 6 heteroatoms. The van der Waals surface area contributed by atoms with Gasteiger partial charge in [0.05, 0.1) is 5.84 Å². The van der Waals surface area contributed by atoms with Crippen LogP contribution >= 0.6 is 0 Å². The van der Waals surface area contributed by atoms with Gasteiger partial charge in [-0.3, -0.25) is 4.99 Å². The highest BCUT2D eigenvalue weighted by Gasteiger charge is 2.17. The third kappa shape index (κ3) is 5.47. The molecule has 14 heavy (non-hydrogen) atoms. The van der Waals surface area contributed by atoms with Gasteiger partial charge in [-0.05, 0) is 19.8 Å². The summed E-state index contributed by atoms with van der Waals surface area (Å²) in [6.07, 6.45) is -0.975. The van der Waals surface area contributed by atoms with Gasteiger partial charge in [0, 0.05) is 6.54 Å². The lowest BCUT2D eigenvalue weighted by atomic mass is 10.1. The van der Waals surface area contributed by atoms with Crippen molar-refractivity contribution in [2.24, 2.45) is 16.5 Å². The molecule has 0 aliphatic carbocycles. The van der Waals surface area contributed by atoms with E-state index in [0.29, 0.717) is 0 Å². The first-order chi connectivity index (χ1) is 6.47. The van der Waals surface area contributed by atoms with Gasteiger partial charge in [-0.2, -0.15) is 0 Å². The molecule has 0 bridgehead atoms. The Labute approximate surface area is 82.0 Å². The highest BCUT2D eigenvalue weighted by atomic mass is 19.1. The molecule has 0 rings (SSSR count). The molecule has 0 fully saturated rings. The molecule has 0 aromatic heterocycles. The van der Waals surface area contributed by atoms with E-state index in [1.807, 2.05) is 0 Å². The van der Waals surface area contributed by atoms with Gasteiger partial charge in [0.1, 0.15) is 12.2 Å². The van der Waals surface area contributed by atoms with Gasteiger partial charge >= 0.3 is 5.97 Å². The summed E-state index contributed by atoms with van der Waals surface area (Å²) in [6, 6.07) is -0.968. The molecule has 0 saturated heterocycles. The van der Waals surface area contributed by atoms with E-state index in [9.17, 15) is 9.18 Å². The first kappa shape index (κ1) is 12.8. The second-order valence-corrected chi connectivity index (χ2v) is 3.03. The Kier molecular flexibility index (Phi) is 5.78. The van der Waals surface area contributed by atoms with Gasteiger partial charge in [-0.15, -0.1) is 0 Å². The van der Waals surface area contributed by atoms with Crippen LogP contribution in [-0.2, 0) is 4.79 Å². The molecule has 0 saturated carbocycles. The van der Waals surface area contributed by atoms with E-state index < -0.39 is 18.2 Å². The number of alkyl halides is 1. The Bertz CT molecular complexity index is 217. The van der Waals surface area contributed by atoms with Gasteiger partial charge in [0.25, 0.3) is 0 Å². The van der Waals surface area contributed by atoms with Crippen LogP contribution in [-0.4, -0.2) is 35.7 Å². The molecule has 0 amide bonds. The molecule has 0 radical (unpaired) electrons. The predicted molar refractivity (Wildman–Crippen MR) is 51.9 cm³/mol. The Balaban J connectivity index is 4.12. The molecular weight excluding hydrogens is 189 g/mol. The van der Waals surface area contributed by atoms with Crippen molar-refractivity contribution in [1.82, 2.24) is 0 Å². The molecule has 0 aliphatic heterocycles. The third-order valence-electron chi connectivity index (χ3n) is 1.65. The van der Waals surface area contributed by atoms with Crippen LogP contribution in [0.2, 0.25) is 0 Å². The second-order valence-electron chi connectivity index (χ2n) is 3.03. The predicted octanol–water partition coefficient (Wildman–Crippen LogP) is -0.106. The van der Waals surface area contributed by atoms with Gasteiger partial charge in [0.2, 0.25) is 0 Å². The molecule has 5 nitrogen and oxygen atoms in total. The SMILES string of the molecule is CC(N)=NC(CCC(F)CN)C(=O)O. The van der Waals surface area contributed by atoms with Crippen molar-refractivity contribution in [3.05, 3.63) is 0 Å². The molecule has 0 aromatic carbocycles. The first-order valence-corrected chi connectivity index (χ1v) is 4.34. The Hall–Kier alpha value is -1.17. The van der Waals surface area contributed by atoms with Crippen LogP contribution in [0.3, 0.4) is 0 Å². The van der Waals surface area contributed by atoms with Gasteiger partial charge in [-0.25, -0.2) is 9.18 Å². The summed E-state index contributed by atoms with van der Waals surface area (Å²) in [7, 11) is 0. The number of aliphatic carboxylic acids is 1. The summed E-state index contributed by atoms with van der Waals surface area (Å²) in [5, 5.41) is 8.69. The van der Waals surface area contributed by atoms with Crippen LogP contribution in [0.1, 0.15) is 19.8 Å². The Morgan fingerprint density at radius 2 is 2.14 bits per heavy atom. The highest BCUT2D eigenvalue weighted by molar-refractivity contribution is 5.82. The van der Waals surface area contributed by atoms with Crippen LogP contribution in [0.15, 0.2) is 4.99 Å². The number of carbonyl (C=O) groups is 1. The minimum atomic E-state index is -1.18. The van der Waals surface area contributed by atoms with Crippen LogP contribution in [0.5, 0.6) is 0 Å². The zero-order chi connectivity index (χ0) is 11.1. The lowest BCUT2D eigenvalue weighted by Crippen LogP contribution is -2.24. The van der Waals surface area contributed by atoms with Crippen molar-refractivity contribution in [3.63, 3.8) is 0 Å². The quantitative estimate of drug-likeness (QED) is 0.416. The molecule has 0 spiro atoms. The van der Waals surface area contributed by atoms with E-state index in [1.165, 1.54) is 6.92 Å². The maximum Gasteiger partial charge on any atom is 0.328 e. The van der Waals surface area contributed by atoms with Gasteiger partial charge in [-0.1, -0.05) is 0 Å². The Morgan fingerprint density at radius 1 is 1.57 bits per heavy atom. The molecular formula is C8H16FN3O2. The second kappa shape index (κ2) is 6.31. The zero-order valence-corrected chi connectivity index (χ0v) is 8.11. The van der Waals surface area contributed by atoms with Crippen LogP contribution < -0.4 is 11.5 Å². The van der Waals surface area contributed by atoms with Gasteiger partial charge < -0.3 is 16.6 Å². The molecule has 0 aromatic rings. The topological polar surface area (TPSA) is 102 Å². The summed E-state index contributed by atoms with van der Waals surface area (Å²) >= 11 is 0. The van der Waals surface area contributed by atoms with Crippen molar-refractivity contribution in [3.8, 4) is 0 Å². The number of nitrogens with zero attached hydrogens (tertiary/aromatic N) is 1. The number of aliphatic imine (C=N–C) groups is 1. The van der Waals surface area contributed by atoms with Crippen molar-refractivity contribution < 1.29 is 14.3 Å². The minimum absolute atomic E-state index is 0.0875. The molecule has 0 aliphatic rings. The minimum Gasteiger partial charge on any atom is -0.480 e. The van der Waals surface area contributed by atoms with E-state index in [1.54, 1.807) is 0 Å². The maximum absolute atomic E-state index is 12.7. The monoisotopic (exact) mass is 205 g/mol. The average Bonchev–Trinajstić information content (AvgIpc) is 2.10. The molecule has 2 atom stereocenters. The largest absolute Gasteiger partial charge is 0.480 e. The summed E-state index contributed by atoms with van der Waals surface area (Å²) in [5.74, 6) is -0.917. The lowest BCUT2D eigenvalue weighted by Gasteiger charge is -2.09. The maximum atomic E-state index is 12.7. The zero-order valence-electron chi connectivity index (χ0n) is 8.11. The summed E-state index contributed by atoms with van der Waals surface area (Å²) < 4.78 is 12.7. The number of hydrogen-bond donors (Lipinski definition) is 3. The van der Waals surface area contributed by atoms with E-state index in [-0.39, 0.29) is 25.2 Å². The smallest absolute Gasteiger partial charge is 0.328 e. The van der Waals surface area contributed by atoms with E-state index in [2.05, 4.69) is 4.99 Å². The fraction of sp³-hybridized carbons (Fsp3) is 0.750. The number of nitrogens with two attached hydrogens (primary N) is 2. The van der Waals surface area contributed by atoms with Crippen LogP contribution in [0, 0.1) is 0 Å². The summed E-state index contributed by atoms with van der Waals surface area (Å²) in [5.41, 5.74) is 10.3. The number of amidine groups is 1. The summed E-state index contributed by atoms with van der Waals surface area (Å²) in [4.78, 5) is 14.3. The van der Waals surface area contributed by atoms with Crippen LogP contribution in [0.25, 0.3) is 0 Å². The molecule has 5 N–H and O–H groups in total. The number of hydrogen-bond acceptors (Lipinski definition) is 3. The van der Waals surface area contributed by atoms with Crippen molar-refractivity contribution in [2.75, 3.05) is 6.54 Å². The van der Waals surface area contributed by atoms with E-state index in [0.717, 1.165) is 0 Å². The normalized spacial score (nSPS) is 16.4. The van der Waals surface area contributed by atoms with Crippen molar-refractivity contribution in [1.29, 1.82) is 0 Å². The Morgan fingerprint density at radius 3 is 2.50 bits per heavy atom. The number of rotatable bonds is 6. The third-order valence-corrected chi connectivity index (χ3v) is 1.65. The highest BCUT2D eigenvalue weighted by Crippen LogP contribution is 2.07. The molecule has 0 heterocycles. The fourth-order valence-electron chi connectivity index (χ4n) is 0.946. The van der Waals surface area contributed by atoms with Gasteiger partial charge in [0.15, 0.2) is 0 Å². The van der Waals surface area contributed by atoms with Crippen molar-refractivity contribution in [2.45, 2.75) is 32.0 Å². The average molecular weight is 205 g/mol. The first-order valence-electron chi connectivity index (χ1n) is 4.34. The lowest BCUT2D eigenvalue weighted by molar-refractivity contribution is -0.138. The fourth-order valence-corrected chi connectivity index (χ4v) is 0.946.